The lowest BCUT2D eigenvalue weighted by Gasteiger charge is -2.09. The Morgan fingerprint density at radius 2 is 2.50 bits per heavy atom. The van der Waals surface area contributed by atoms with Crippen LogP contribution >= 0.6 is 22.9 Å². The number of halogens is 1. The third kappa shape index (κ3) is 1.56. The first-order chi connectivity index (χ1) is 3.83. The Balaban J connectivity index is 2.22. The van der Waals surface area contributed by atoms with Crippen molar-refractivity contribution >= 4 is 22.9 Å². The maximum Gasteiger partial charge on any atom is 0.0336 e. The molecule has 0 aromatic heterocycles. The normalized spacial score (nSPS) is 31.5. The zero-order chi connectivity index (χ0) is 5.98. The van der Waals surface area contributed by atoms with Gasteiger partial charge >= 0.3 is 0 Å². The molecule has 0 radical (unpaired) electrons. The molecule has 0 aliphatic carbocycles. The van der Waals surface area contributed by atoms with Crippen molar-refractivity contribution in [3.05, 3.63) is 0 Å². The molecule has 1 aliphatic heterocycles. The van der Waals surface area contributed by atoms with E-state index in [2.05, 4.69) is 38.4 Å². The van der Waals surface area contributed by atoms with E-state index in [0.29, 0.717) is 0 Å². The molecule has 1 unspecified atom stereocenters. The highest BCUT2D eigenvalue weighted by molar-refractivity contribution is 14.1. The summed E-state index contributed by atoms with van der Waals surface area (Å²) < 4.78 is 3.10. The van der Waals surface area contributed by atoms with E-state index >= 15 is 0 Å². The molecule has 0 aromatic rings. The van der Waals surface area contributed by atoms with Gasteiger partial charge in [-0.25, -0.2) is 5.01 Å². The molecule has 1 N–H and O–H groups in total. The molecule has 0 spiro atoms. The average molecular weight is 226 g/mol. The van der Waals surface area contributed by atoms with E-state index in [1.165, 1.54) is 19.5 Å². The highest BCUT2D eigenvalue weighted by Gasteiger charge is 2.16. The van der Waals surface area contributed by atoms with Gasteiger partial charge in [-0.05, 0) is 12.3 Å². The Bertz CT molecular complexity index is 76.8. The lowest BCUT2D eigenvalue weighted by atomic mass is 10.2. The standard InChI is InChI=1S/C5H11IN2/c1-5-2-3-8(4-5)7-6/h5,7H,2-4H2,1H3. The molecule has 1 saturated heterocycles. The average Bonchev–Trinajstić information content (AvgIpc) is 2.14. The number of rotatable bonds is 1. The molecule has 1 fully saturated rings. The van der Waals surface area contributed by atoms with Crippen LogP contribution in [0.2, 0.25) is 0 Å². The monoisotopic (exact) mass is 226 g/mol. The zero-order valence-corrected chi connectivity index (χ0v) is 7.18. The smallest absolute Gasteiger partial charge is 0.0336 e. The van der Waals surface area contributed by atoms with Crippen molar-refractivity contribution in [2.45, 2.75) is 13.3 Å². The fourth-order valence-corrected chi connectivity index (χ4v) is 1.45. The van der Waals surface area contributed by atoms with Gasteiger partial charge in [0.15, 0.2) is 0 Å². The van der Waals surface area contributed by atoms with E-state index in [9.17, 15) is 0 Å². The van der Waals surface area contributed by atoms with Gasteiger partial charge in [0.2, 0.25) is 0 Å². The van der Waals surface area contributed by atoms with Gasteiger partial charge in [-0.15, -0.1) is 0 Å². The van der Waals surface area contributed by atoms with Crippen molar-refractivity contribution in [2.75, 3.05) is 13.1 Å². The lowest BCUT2D eigenvalue weighted by molar-refractivity contribution is 0.317. The summed E-state index contributed by atoms with van der Waals surface area (Å²) >= 11 is 2.18. The Kier molecular flexibility index (Phi) is 2.52. The highest BCUT2D eigenvalue weighted by Crippen LogP contribution is 2.12. The van der Waals surface area contributed by atoms with Crippen LogP contribution in [0, 0.1) is 5.92 Å². The molecule has 0 amide bonds. The summed E-state index contributed by atoms with van der Waals surface area (Å²) in [5, 5.41) is 2.24. The fourth-order valence-electron chi connectivity index (χ4n) is 1.01. The second kappa shape index (κ2) is 2.98. The largest absolute Gasteiger partial charge is 0.235 e. The first kappa shape index (κ1) is 6.77. The van der Waals surface area contributed by atoms with Crippen LogP contribution in [0.5, 0.6) is 0 Å². The first-order valence-corrected chi connectivity index (χ1v) is 4.02. The van der Waals surface area contributed by atoms with E-state index in [0.717, 1.165) is 5.92 Å². The quantitative estimate of drug-likeness (QED) is 0.533. The Labute approximate surface area is 64.1 Å². The number of nitrogens with one attached hydrogen (secondary N) is 1. The van der Waals surface area contributed by atoms with Crippen LogP contribution in [0.25, 0.3) is 0 Å². The summed E-state index contributed by atoms with van der Waals surface area (Å²) in [5.74, 6) is 0.886. The summed E-state index contributed by atoms with van der Waals surface area (Å²) in [6.07, 6.45) is 1.34. The molecule has 2 nitrogen and oxygen atoms in total. The van der Waals surface area contributed by atoms with Crippen LogP contribution < -0.4 is 3.64 Å². The fraction of sp³-hybridized carbons (Fsp3) is 1.00. The van der Waals surface area contributed by atoms with Crippen molar-refractivity contribution in [3.63, 3.8) is 0 Å². The summed E-state index contributed by atoms with van der Waals surface area (Å²) in [5.41, 5.74) is 0. The molecule has 0 aromatic carbocycles. The molecule has 0 bridgehead atoms. The van der Waals surface area contributed by atoms with Gasteiger partial charge in [-0.2, -0.15) is 3.64 Å². The van der Waals surface area contributed by atoms with Crippen LogP contribution in [-0.2, 0) is 0 Å². The molecule has 48 valence electrons. The topological polar surface area (TPSA) is 15.3 Å². The summed E-state index contributed by atoms with van der Waals surface area (Å²) in [6.45, 7) is 4.71. The van der Waals surface area contributed by atoms with E-state index in [1.54, 1.807) is 0 Å². The Hall–Kier alpha value is 0.650. The van der Waals surface area contributed by atoms with Gasteiger partial charge in [0.1, 0.15) is 0 Å². The number of nitrogens with zero attached hydrogens (tertiary/aromatic N) is 1. The van der Waals surface area contributed by atoms with Crippen LogP contribution in [0.1, 0.15) is 13.3 Å². The Morgan fingerprint density at radius 3 is 2.75 bits per heavy atom. The van der Waals surface area contributed by atoms with Crippen LogP contribution in [0.3, 0.4) is 0 Å². The van der Waals surface area contributed by atoms with E-state index in [-0.39, 0.29) is 0 Å². The zero-order valence-electron chi connectivity index (χ0n) is 5.02. The molecule has 1 rings (SSSR count). The van der Waals surface area contributed by atoms with Crippen molar-refractivity contribution < 1.29 is 0 Å². The minimum atomic E-state index is 0.886. The van der Waals surface area contributed by atoms with Gasteiger partial charge in [-0.3, -0.25) is 0 Å². The second-order valence-corrected chi connectivity index (χ2v) is 2.91. The highest BCUT2D eigenvalue weighted by atomic mass is 127. The lowest BCUT2D eigenvalue weighted by Crippen LogP contribution is -2.27. The summed E-state index contributed by atoms with van der Waals surface area (Å²) in [6, 6.07) is 0. The van der Waals surface area contributed by atoms with E-state index < -0.39 is 0 Å². The van der Waals surface area contributed by atoms with Crippen LogP contribution in [0.15, 0.2) is 0 Å². The predicted octanol–water partition coefficient (Wildman–Crippen LogP) is 1.18. The Morgan fingerprint density at radius 1 is 1.75 bits per heavy atom. The maximum atomic E-state index is 3.10. The van der Waals surface area contributed by atoms with Crippen molar-refractivity contribution in [1.29, 1.82) is 0 Å². The van der Waals surface area contributed by atoms with Crippen molar-refractivity contribution in [3.8, 4) is 0 Å². The molecule has 0 saturated carbocycles. The van der Waals surface area contributed by atoms with Crippen LogP contribution in [0.4, 0.5) is 0 Å². The number of hydrogen-bond donors (Lipinski definition) is 1. The summed E-state index contributed by atoms with van der Waals surface area (Å²) in [4.78, 5) is 0. The van der Waals surface area contributed by atoms with Gasteiger partial charge in [0, 0.05) is 36.0 Å². The first-order valence-electron chi connectivity index (χ1n) is 2.94. The van der Waals surface area contributed by atoms with E-state index in [4.69, 9.17) is 0 Å². The molecular formula is C5H11IN2. The minimum Gasteiger partial charge on any atom is -0.235 e. The third-order valence-electron chi connectivity index (χ3n) is 1.54. The van der Waals surface area contributed by atoms with E-state index in [1.807, 2.05) is 0 Å². The summed E-state index contributed by atoms with van der Waals surface area (Å²) in [7, 11) is 0. The van der Waals surface area contributed by atoms with Crippen molar-refractivity contribution in [2.24, 2.45) is 5.92 Å². The maximum absolute atomic E-state index is 3.10. The molecule has 8 heavy (non-hydrogen) atoms. The van der Waals surface area contributed by atoms with Crippen molar-refractivity contribution in [1.82, 2.24) is 8.65 Å². The molecule has 1 heterocycles. The number of hydrazine groups is 1. The van der Waals surface area contributed by atoms with Gasteiger partial charge < -0.3 is 0 Å². The van der Waals surface area contributed by atoms with Gasteiger partial charge in [0.25, 0.3) is 0 Å². The number of hydrogen-bond acceptors (Lipinski definition) is 2. The van der Waals surface area contributed by atoms with Gasteiger partial charge in [0.05, 0.1) is 0 Å². The molecule has 1 aliphatic rings. The predicted molar refractivity (Wildman–Crippen MR) is 42.5 cm³/mol. The molecule has 3 heteroatoms. The third-order valence-corrected chi connectivity index (χ3v) is 2.23. The minimum absolute atomic E-state index is 0.886. The SMILES string of the molecule is CC1CCN(NI)C1. The van der Waals surface area contributed by atoms with Gasteiger partial charge in [-0.1, -0.05) is 6.92 Å². The molecular weight excluding hydrogens is 215 g/mol. The molecule has 1 atom stereocenters. The van der Waals surface area contributed by atoms with Crippen LogP contribution in [-0.4, -0.2) is 18.1 Å². The second-order valence-electron chi connectivity index (χ2n) is 2.42.